The van der Waals surface area contributed by atoms with Crippen molar-refractivity contribution < 1.29 is 19.1 Å². The molecular weight excluding hydrogens is 487 g/mol. The van der Waals surface area contributed by atoms with E-state index in [2.05, 4.69) is 15.2 Å². The lowest BCUT2D eigenvalue weighted by Gasteiger charge is -2.22. The van der Waals surface area contributed by atoms with E-state index in [1.165, 1.54) is 58.5 Å². The van der Waals surface area contributed by atoms with E-state index in [1.54, 1.807) is 18.3 Å². The highest BCUT2D eigenvalue weighted by molar-refractivity contribution is 8.00. The molecule has 1 aliphatic heterocycles. The summed E-state index contributed by atoms with van der Waals surface area (Å²) in [6, 6.07) is 17.3. The summed E-state index contributed by atoms with van der Waals surface area (Å²) >= 11 is 2.65. The number of amides is 1. The predicted molar refractivity (Wildman–Crippen MR) is 131 cm³/mol. The Morgan fingerprint density at radius 2 is 1.80 bits per heavy atom. The molecule has 0 spiro atoms. The maximum Gasteiger partial charge on any atom is 0.301 e. The normalized spacial score (nSPS) is 17.2. The first-order valence-electron chi connectivity index (χ1n) is 10.5. The van der Waals surface area contributed by atoms with Gasteiger partial charge >= 0.3 is 5.91 Å². The SMILES string of the molecule is O=C1C(=O)N(c2nnc(SCc3ccccc3)s2)[C@H](c2cccnc2)C1=C(O)c1ccc(F)cc1. The lowest BCUT2D eigenvalue weighted by molar-refractivity contribution is -0.132. The van der Waals surface area contributed by atoms with Gasteiger partial charge in [-0.1, -0.05) is 59.5 Å². The second-order valence-electron chi connectivity index (χ2n) is 7.59. The summed E-state index contributed by atoms with van der Waals surface area (Å²) in [6.07, 6.45) is 3.09. The van der Waals surface area contributed by atoms with E-state index in [-0.39, 0.29) is 16.3 Å². The molecule has 1 amide bonds. The van der Waals surface area contributed by atoms with Crippen molar-refractivity contribution in [3.05, 3.63) is 107 Å². The van der Waals surface area contributed by atoms with E-state index in [0.29, 0.717) is 15.7 Å². The summed E-state index contributed by atoms with van der Waals surface area (Å²) in [6.45, 7) is 0. The van der Waals surface area contributed by atoms with Crippen molar-refractivity contribution >= 4 is 45.7 Å². The lowest BCUT2D eigenvalue weighted by Crippen LogP contribution is -2.29. The Balaban J connectivity index is 1.53. The number of hydrogen-bond donors (Lipinski definition) is 1. The number of halogens is 1. The van der Waals surface area contributed by atoms with Crippen LogP contribution in [0.25, 0.3) is 5.76 Å². The fourth-order valence-corrected chi connectivity index (χ4v) is 5.55. The molecule has 0 radical (unpaired) electrons. The molecule has 0 aliphatic carbocycles. The van der Waals surface area contributed by atoms with Gasteiger partial charge in [0.1, 0.15) is 11.6 Å². The van der Waals surface area contributed by atoms with E-state index < -0.39 is 29.3 Å². The van der Waals surface area contributed by atoms with E-state index >= 15 is 0 Å². The number of aromatic nitrogens is 3. The van der Waals surface area contributed by atoms with Gasteiger partial charge in [0.15, 0.2) is 4.34 Å². The van der Waals surface area contributed by atoms with Gasteiger partial charge in [-0.25, -0.2) is 4.39 Å². The molecule has 1 atom stereocenters. The largest absolute Gasteiger partial charge is 0.507 e. The number of thioether (sulfide) groups is 1. The standard InChI is InChI=1S/C25H17FN4O3S2/c26-18-10-8-16(9-11-18)21(31)19-20(17-7-4-12-27-13-17)30(23(33)22(19)32)24-28-29-25(35-24)34-14-15-5-2-1-3-6-15/h1-13,20,31H,14H2/t20-/m1/s1. The molecule has 2 aromatic carbocycles. The number of benzene rings is 2. The maximum absolute atomic E-state index is 13.4. The van der Waals surface area contributed by atoms with E-state index in [1.807, 2.05) is 30.3 Å². The van der Waals surface area contributed by atoms with Gasteiger partial charge in [0.25, 0.3) is 5.78 Å². The molecule has 4 aromatic rings. The number of carbonyl (C=O) groups excluding carboxylic acids is 2. The molecule has 1 saturated heterocycles. The molecule has 0 bridgehead atoms. The number of pyridine rings is 1. The molecule has 1 fully saturated rings. The molecule has 5 rings (SSSR count). The molecule has 1 N–H and O–H groups in total. The molecule has 1 aliphatic rings. The van der Waals surface area contributed by atoms with Crippen LogP contribution in [0.3, 0.4) is 0 Å². The van der Waals surface area contributed by atoms with Gasteiger partial charge in [0.2, 0.25) is 5.13 Å². The third kappa shape index (κ3) is 4.58. The topological polar surface area (TPSA) is 96.3 Å². The number of Topliss-reactive ketones (excluding diaryl/α,β-unsaturated/α-hetero) is 1. The van der Waals surface area contributed by atoms with Gasteiger partial charge in [-0.15, -0.1) is 10.2 Å². The highest BCUT2D eigenvalue weighted by Crippen LogP contribution is 2.43. The first-order chi connectivity index (χ1) is 17.0. The molecule has 0 unspecified atom stereocenters. The Bertz CT molecular complexity index is 1410. The van der Waals surface area contributed by atoms with Crippen LogP contribution in [-0.4, -0.2) is 32.0 Å². The average molecular weight is 505 g/mol. The van der Waals surface area contributed by atoms with Crippen molar-refractivity contribution in [3.8, 4) is 0 Å². The highest BCUT2D eigenvalue weighted by Gasteiger charge is 2.48. The van der Waals surface area contributed by atoms with Crippen LogP contribution < -0.4 is 4.90 Å². The maximum atomic E-state index is 13.4. The number of hydrogen-bond acceptors (Lipinski definition) is 8. The number of aliphatic hydroxyl groups is 1. The summed E-state index contributed by atoms with van der Waals surface area (Å²) in [7, 11) is 0. The van der Waals surface area contributed by atoms with E-state index in [4.69, 9.17) is 0 Å². The number of ketones is 1. The Kier molecular flexibility index (Phi) is 6.39. The van der Waals surface area contributed by atoms with Crippen LogP contribution in [0.4, 0.5) is 9.52 Å². The van der Waals surface area contributed by atoms with Gasteiger partial charge < -0.3 is 5.11 Å². The van der Waals surface area contributed by atoms with Crippen molar-refractivity contribution in [1.29, 1.82) is 0 Å². The monoisotopic (exact) mass is 504 g/mol. The van der Waals surface area contributed by atoms with Crippen LogP contribution in [0.5, 0.6) is 0 Å². The highest BCUT2D eigenvalue weighted by atomic mass is 32.2. The number of rotatable bonds is 6. The molecule has 3 heterocycles. The lowest BCUT2D eigenvalue weighted by atomic mass is 9.96. The van der Waals surface area contributed by atoms with Crippen LogP contribution in [0.2, 0.25) is 0 Å². The van der Waals surface area contributed by atoms with E-state index in [9.17, 15) is 19.1 Å². The van der Waals surface area contributed by atoms with Crippen LogP contribution in [-0.2, 0) is 15.3 Å². The second kappa shape index (κ2) is 9.77. The smallest absolute Gasteiger partial charge is 0.301 e. The van der Waals surface area contributed by atoms with Crippen LogP contribution in [0, 0.1) is 5.82 Å². The van der Waals surface area contributed by atoms with Gasteiger partial charge in [-0.3, -0.25) is 19.5 Å². The first kappa shape index (κ1) is 22.9. The summed E-state index contributed by atoms with van der Waals surface area (Å²) in [4.78, 5) is 31.6. The van der Waals surface area contributed by atoms with Gasteiger partial charge in [-0.05, 0) is 41.5 Å². The Labute approximate surface area is 208 Å². The third-order valence-electron chi connectivity index (χ3n) is 5.37. The summed E-state index contributed by atoms with van der Waals surface area (Å²) in [5, 5.41) is 19.6. The molecular formula is C25H17FN4O3S2. The van der Waals surface area contributed by atoms with Crippen LogP contribution in [0.15, 0.2) is 89.0 Å². The Morgan fingerprint density at radius 1 is 1.03 bits per heavy atom. The van der Waals surface area contributed by atoms with Gasteiger partial charge in [0.05, 0.1) is 11.6 Å². The number of nitrogens with zero attached hydrogens (tertiary/aromatic N) is 4. The zero-order chi connectivity index (χ0) is 24.4. The summed E-state index contributed by atoms with van der Waals surface area (Å²) < 4.78 is 14.0. The second-order valence-corrected chi connectivity index (χ2v) is 9.77. The quantitative estimate of drug-likeness (QED) is 0.130. The van der Waals surface area contributed by atoms with Crippen molar-refractivity contribution in [2.24, 2.45) is 0 Å². The van der Waals surface area contributed by atoms with E-state index in [0.717, 1.165) is 5.56 Å². The number of carbonyl (C=O) groups is 2. The fourth-order valence-electron chi connectivity index (χ4n) is 3.72. The molecule has 0 saturated carbocycles. The number of anilines is 1. The molecule has 35 heavy (non-hydrogen) atoms. The van der Waals surface area contributed by atoms with Crippen molar-refractivity contribution in [2.75, 3.05) is 4.90 Å². The van der Waals surface area contributed by atoms with Crippen molar-refractivity contribution in [3.63, 3.8) is 0 Å². The molecule has 174 valence electrons. The fraction of sp³-hybridized carbons (Fsp3) is 0.0800. The predicted octanol–water partition coefficient (Wildman–Crippen LogP) is 4.99. The Morgan fingerprint density at radius 3 is 2.51 bits per heavy atom. The molecule has 10 heteroatoms. The zero-order valence-electron chi connectivity index (χ0n) is 18.0. The molecule has 7 nitrogen and oxygen atoms in total. The molecule has 2 aromatic heterocycles. The van der Waals surface area contributed by atoms with Crippen molar-refractivity contribution in [1.82, 2.24) is 15.2 Å². The first-order valence-corrected chi connectivity index (χ1v) is 12.3. The third-order valence-corrected chi connectivity index (χ3v) is 7.50. The minimum atomic E-state index is -0.964. The Hall–Kier alpha value is -3.89. The zero-order valence-corrected chi connectivity index (χ0v) is 19.7. The van der Waals surface area contributed by atoms with Crippen LogP contribution >= 0.6 is 23.1 Å². The minimum Gasteiger partial charge on any atom is -0.507 e. The summed E-state index contributed by atoms with van der Waals surface area (Å²) in [5.41, 5.74) is 1.73. The minimum absolute atomic E-state index is 0.122. The van der Waals surface area contributed by atoms with Gasteiger partial charge in [-0.2, -0.15) is 0 Å². The number of aliphatic hydroxyl groups excluding tert-OH is 1. The van der Waals surface area contributed by atoms with Crippen LogP contribution in [0.1, 0.15) is 22.7 Å². The van der Waals surface area contributed by atoms with Gasteiger partial charge in [0, 0.05) is 23.7 Å². The summed E-state index contributed by atoms with van der Waals surface area (Å²) in [5.74, 6) is -1.92. The van der Waals surface area contributed by atoms with Crippen molar-refractivity contribution in [2.45, 2.75) is 16.1 Å². The average Bonchev–Trinajstić information content (AvgIpc) is 3.46.